The van der Waals surface area contributed by atoms with Crippen molar-refractivity contribution in [3.05, 3.63) is 63.6 Å². The van der Waals surface area contributed by atoms with Crippen molar-refractivity contribution in [1.82, 2.24) is 4.90 Å². The van der Waals surface area contributed by atoms with Gasteiger partial charge in [0.25, 0.3) is 5.91 Å². The number of amides is 1. The van der Waals surface area contributed by atoms with Gasteiger partial charge in [-0.3, -0.25) is 4.79 Å². The third-order valence-corrected chi connectivity index (χ3v) is 8.73. The first-order valence-electron chi connectivity index (χ1n) is 13.3. The minimum absolute atomic E-state index is 0.0795. The maximum atomic E-state index is 13.5. The molecule has 1 aliphatic carbocycles. The lowest BCUT2D eigenvalue weighted by atomic mass is 9.78. The molecule has 2 unspecified atom stereocenters. The van der Waals surface area contributed by atoms with Crippen molar-refractivity contribution in [3.8, 4) is 11.5 Å². The van der Waals surface area contributed by atoms with Crippen LogP contribution in [0.5, 0.6) is 11.5 Å². The number of halogens is 6. The molecule has 1 saturated carbocycles. The molecule has 5 nitrogen and oxygen atoms in total. The molecule has 2 fully saturated rings. The van der Waals surface area contributed by atoms with Crippen LogP contribution in [0.25, 0.3) is 6.08 Å². The van der Waals surface area contributed by atoms with E-state index in [0.717, 1.165) is 30.6 Å². The van der Waals surface area contributed by atoms with E-state index in [1.807, 2.05) is 0 Å². The number of carbonyl (C=O) groups is 1. The quantitative estimate of drug-likeness (QED) is 0.258. The number of likely N-dealkylation sites (tertiary alicyclic amines) is 1. The SMILES string of the molecule is COc1cc(C=C2SC(N3CCCC4CCCCC43)=NC2=O)ccc1OCc1ccc(C(F)(F)F)cc1C(F)(F)F. The van der Waals surface area contributed by atoms with Crippen molar-refractivity contribution >= 4 is 28.9 Å². The Morgan fingerprint density at radius 3 is 2.46 bits per heavy atom. The Balaban J connectivity index is 1.30. The van der Waals surface area contributed by atoms with E-state index in [1.54, 1.807) is 18.2 Å². The van der Waals surface area contributed by atoms with Crippen LogP contribution < -0.4 is 9.47 Å². The van der Waals surface area contributed by atoms with Crippen LogP contribution in [0.15, 0.2) is 46.3 Å². The molecule has 0 spiro atoms. The lowest BCUT2D eigenvalue weighted by molar-refractivity contribution is -0.143. The summed E-state index contributed by atoms with van der Waals surface area (Å²) in [6.07, 6.45) is -1.22. The van der Waals surface area contributed by atoms with Gasteiger partial charge in [0.15, 0.2) is 16.7 Å². The number of fused-ring (bicyclic) bond motifs is 1. The largest absolute Gasteiger partial charge is 0.493 e. The number of ether oxygens (including phenoxy) is 2. The topological polar surface area (TPSA) is 51.1 Å². The van der Waals surface area contributed by atoms with Gasteiger partial charge in [0, 0.05) is 18.2 Å². The molecule has 0 aromatic heterocycles. The summed E-state index contributed by atoms with van der Waals surface area (Å²) in [5.74, 6) is 0.596. The van der Waals surface area contributed by atoms with Crippen molar-refractivity contribution in [2.45, 2.75) is 63.5 Å². The van der Waals surface area contributed by atoms with E-state index in [9.17, 15) is 31.1 Å². The van der Waals surface area contributed by atoms with Gasteiger partial charge in [0.05, 0.1) is 23.1 Å². The number of aliphatic imine (C=N–C) groups is 1. The van der Waals surface area contributed by atoms with E-state index in [4.69, 9.17) is 9.47 Å². The van der Waals surface area contributed by atoms with E-state index >= 15 is 0 Å². The summed E-state index contributed by atoms with van der Waals surface area (Å²) in [5, 5.41) is 0.724. The number of methoxy groups -OCH3 is 1. The standard InChI is InChI=1S/C29H28F6N2O3S/c1-39-24-13-17(14-25-26(38)36-27(41-25)37-12-4-6-18-5-2-3-7-22(18)37)8-11-23(24)40-16-19-9-10-20(28(30,31)32)15-21(19)29(33,34)35/h8-11,13-15,18,22H,2-7,12,16H2,1H3. The molecule has 5 rings (SSSR count). The zero-order valence-corrected chi connectivity index (χ0v) is 23.0. The molecule has 2 heterocycles. The molecule has 2 atom stereocenters. The lowest BCUT2D eigenvalue weighted by Gasteiger charge is -2.44. The van der Waals surface area contributed by atoms with Gasteiger partial charge in [-0.15, -0.1) is 0 Å². The minimum atomic E-state index is -5.00. The molecule has 3 aliphatic rings. The molecule has 0 N–H and O–H groups in total. The second-order valence-corrected chi connectivity index (χ2v) is 11.3. The van der Waals surface area contributed by atoms with Crippen LogP contribution in [0.2, 0.25) is 0 Å². The molecule has 2 aromatic carbocycles. The van der Waals surface area contributed by atoms with Crippen molar-refractivity contribution in [1.29, 1.82) is 0 Å². The number of nitrogens with zero attached hydrogens (tertiary/aromatic N) is 2. The Hall–Kier alpha value is -3.15. The molecular weight excluding hydrogens is 570 g/mol. The van der Waals surface area contributed by atoms with E-state index in [0.29, 0.717) is 28.5 Å². The molecule has 2 aromatic rings. The normalized spacial score (nSPS) is 22.5. The number of hydrogen-bond acceptors (Lipinski definition) is 5. The summed E-state index contributed by atoms with van der Waals surface area (Å²) >= 11 is 1.34. The van der Waals surface area contributed by atoms with Crippen LogP contribution in [-0.2, 0) is 23.8 Å². The molecule has 12 heteroatoms. The summed E-state index contributed by atoms with van der Waals surface area (Å²) in [4.78, 5) is 19.8. The average Bonchev–Trinajstić information content (AvgIpc) is 3.30. The maximum absolute atomic E-state index is 13.5. The van der Waals surface area contributed by atoms with Crippen LogP contribution >= 0.6 is 11.8 Å². The van der Waals surface area contributed by atoms with Crippen molar-refractivity contribution in [2.24, 2.45) is 10.9 Å². The van der Waals surface area contributed by atoms with Crippen LogP contribution in [0.3, 0.4) is 0 Å². The first-order valence-corrected chi connectivity index (χ1v) is 14.1. The Morgan fingerprint density at radius 1 is 0.976 bits per heavy atom. The number of piperidine rings is 1. The Morgan fingerprint density at radius 2 is 1.73 bits per heavy atom. The number of hydrogen-bond donors (Lipinski definition) is 0. The van der Waals surface area contributed by atoms with Gasteiger partial charge >= 0.3 is 12.4 Å². The third-order valence-electron chi connectivity index (χ3n) is 7.71. The number of alkyl halides is 6. The lowest BCUT2D eigenvalue weighted by Crippen LogP contribution is -2.48. The maximum Gasteiger partial charge on any atom is 0.416 e. The van der Waals surface area contributed by atoms with E-state index in [-0.39, 0.29) is 23.5 Å². The van der Waals surface area contributed by atoms with Crippen LogP contribution in [0.1, 0.15) is 60.8 Å². The fourth-order valence-electron chi connectivity index (χ4n) is 5.73. The van der Waals surface area contributed by atoms with E-state index < -0.39 is 35.6 Å². The fourth-order valence-corrected chi connectivity index (χ4v) is 6.72. The van der Waals surface area contributed by atoms with Gasteiger partial charge in [-0.25, -0.2) is 0 Å². The second-order valence-electron chi connectivity index (χ2n) is 10.3. The average molecular weight is 599 g/mol. The zero-order chi connectivity index (χ0) is 29.4. The summed E-state index contributed by atoms with van der Waals surface area (Å²) in [7, 11) is 1.35. The molecule has 1 amide bonds. The first kappa shape index (κ1) is 29.3. The van der Waals surface area contributed by atoms with Gasteiger partial charge in [-0.05, 0) is 79.3 Å². The number of carbonyl (C=O) groups excluding carboxylic acids is 1. The summed E-state index contributed by atoms with van der Waals surface area (Å²) in [6.45, 7) is 0.246. The van der Waals surface area contributed by atoms with Gasteiger partial charge in [0.2, 0.25) is 0 Å². The minimum Gasteiger partial charge on any atom is -0.493 e. The summed E-state index contributed by atoms with van der Waals surface area (Å²) < 4.78 is 90.3. The highest BCUT2D eigenvalue weighted by molar-refractivity contribution is 8.18. The van der Waals surface area contributed by atoms with E-state index in [2.05, 4.69) is 9.89 Å². The van der Waals surface area contributed by atoms with Crippen molar-refractivity contribution < 1.29 is 40.6 Å². The predicted molar refractivity (Wildman–Crippen MR) is 143 cm³/mol. The van der Waals surface area contributed by atoms with Crippen LogP contribution in [0.4, 0.5) is 26.3 Å². The van der Waals surface area contributed by atoms with Crippen LogP contribution in [-0.4, -0.2) is 35.7 Å². The zero-order valence-electron chi connectivity index (χ0n) is 22.1. The van der Waals surface area contributed by atoms with Gasteiger partial charge in [0.1, 0.15) is 6.61 Å². The fraction of sp³-hybridized carbons (Fsp3) is 0.448. The number of rotatable bonds is 5. The molecular formula is C29H28F6N2O3S. The highest BCUT2D eigenvalue weighted by Gasteiger charge is 2.39. The molecule has 0 radical (unpaired) electrons. The van der Waals surface area contributed by atoms with Gasteiger partial charge < -0.3 is 14.4 Å². The highest BCUT2D eigenvalue weighted by atomic mass is 32.2. The molecule has 220 valence electrons. The van der Waals surface area contributed by atoms with Crippen molar-refractivity contribution in [3.63, 3.8) is 0 Å². The Labute approximate surface area is 237 Å². The first-order chi connectivity index (χ1) is 19.4. The predicted octanol–water partition coefficient (Wildman–Crippen LogP) is 7.94. The molecule has 41 heavy (non-hydrogen) atoms. The van der Waals surface area contributed by atoms with Crippen molar-refractivity contribution in [2.75, 3.05) is 13.7 Å². The number of amidine groups is 1. The Kier molecular flexibility index (Phi) is 8.31. The van der Waals surface area contributed by atoms with E-state index in [1.165, 1.54) is 50.6 Å². The molecule has 2 aliphatic heterocycles. The number of thioether (sulfide) groups is 1. The second kappa shape index (κ2) is 11.6. The van der Waals surface area contributed by atoms with Crippen LogP contribution in [0, 0.1) is 5.92 Å². The molecule has 1 saturated heterocycles. The Bertz CT molecular complexity index is 1370. The highest BCUT2D eigenvalue weighted by Crippen LogP contribution is 2.41. The summed E-state index contributed by atoms with van der Waals surface area (Å²) in [6, 6.07) is 6.51. The molecule has 0 bridgehead atoms. The van der Waals surface area contributed by atoms with Gasteiger partial charge in [-0.1, -0.05) is 25.0 Å². The monoisotopic (exact) mass is 598 g/mol. The number of benzene rings is 2. The summed E-state index contributed by atoms with van der Waals surface area (Å²) in [5.41, 5.74) is -2.67. The third kappa shape index (κ3) is 6.52. The van der Waals surface area contributed by atoms with Gasteiger partial charge in [-0.2, -0.15) is 31.3 Å². The smallest absolute Gasteiger partial charge is 0.416 e.